The molecule has 0 saturated carbocycles. The van der Waals surface area contributed by atoms with Gasteiger partial charge in [0, 0.05) is 11.1 Å². The van der Waals surface area contributed by atoms with Gasteiger partial charge in [0.05, 0.1) is 0 Å². The topological polar surface area (TPSA) is 9.23 Å². The number of benzene rings is 3. The second kappa shape index (κ2) is 7.06. The Labute approximate surface area is 143 Å². The average Bonchev–Trinajstić information content (AvgIpc) is 2.63. The third-order valence-corrected chi connectivity index (χ3v) is 4.28. The van der Waals surface area contributed by atoms with Crippen molar-refractivity contribution in [1.29, 1.82) is 0 Å². The van der Waals surface area contributed by atoms with Crippen molar-refractivity contribution in [3.8, 4) is 29.2 Å². The van der Waals surface area contributed by atoms with Crippen molar-refractivity contribution in [3.63, 3.8) is 0 Å². The summed E-state index contributed by atoms with van der Waals surface area (Å²) >= 11 is 0. The van der Waals surface area contributed by atoms with Gasteiger partial charge >= 0.3 is 0 Å². The van der Waals surface area contributed by atoms with Gasteiger partial charge in [-0.05, 0) is 54.3 Å². The van der Waals surface area contributed by atoms with Gasteiger partial charge in [-0.15, -0.1) is 6.42 Å². The normalized spacial score (nSPS) is 10.2. The second-order valence-corrected chi connectivity index (χ2v) is 5.88. The Morgan fingerprint density at radius 2 is 1.67 bits per heavy atom. The number of aryl methyl sites for hydroxylation is 1. The second-order valence-electron chi connectivity index (χ2n) is 5.88. The number of hydrogen-bond acceptors (Lipinski definition) is 1. The highest BCUT2D eigenvalue weighted by atomic mass is 16.5. The summed E-state index contributed by atoms with van der Waals surface area (Å²) in [5.74, 6) is 3.51. The average molecular weight is 312 g/mol. The lowest BCUT2D eigenvalue weighted by atomic mass is 9.95. The van der Waals surface area contributed by atoms with E-state index >= 15 is 0 Å². The van der Waals surface area contributed by atoms with E-state index in [1.54, 1.807) is 0 Å². The van der Waals surface area contributed by atoms with E-state index in [-0.39, 0.29) is 0 Å². The van der Waals surface area contributed by atoms with Gasteiger partial charge in [-0.25, -0.2) is 0 Å². The zero-order chi connectivity index (χ0) is 16.9. The summed E-state index contributed by atoms with van der Waals surface area (Å²) in [7, 11) is 0. The monoisotopic (exact) mass is 312 g/mol. The molecule has 0 aliphatic rings. The van der Waals surface area contributed by atoms with Crippen molar-refractivity contribution in [1.82, 2.24) is 0 Å². The lowest BCUT2D eigenvalue weighted by molar-refractivity contribution is 0.307. The molecule has 0 radical (unpaired) electrons. The lowest BCUT2D eigenvalue weighted by Gasteiger charge is -2.15. The highest BCUT2D eigenvalue weighted by Gasteiger charge is 2.11. The molecule has 0 saturated heterocycles. The molecule has 3 aromatic rings. The molecule has 3 aromatic carbocycles. The van der Waals surface area contributed by atoms with Gasteiger partial charge in [0.2, 0.25) is 0 Å². The fraction of sp³-hybridized carbons (Fsp3) is 0.130. The molecule has 0 aromatic heterocycles. The first-order valence-electron chi connectivity index (χ1n) is 8.03. The summed E-state index contributed by atoms with van der Waals surface area (Å²) in [6.45, 7) is 4.78. The van der Waals surface area contributed by atoms with E-state index in [1.165, 1.54) is 16.7 Å². The highest BCUT2D eigenvalue weighted by Crippen LogP contribution is 2.34. The summed E-state index contributed by atoms with van der Waals surface area (Å²) in [5, 5.41) is 0. The van der Waals surface area contributed by atoms with Gasteiger partial charge in [0.1, 0.15) is 12.4 Å². The van der Waals surface area contributed by atoms with Crippen molar-refractivity contribution < 1.29 is 4.74 Å². The molecular weight excluding hydrogens is 292 g/mol. The standard InChI is InChI=1S/C23H20O/c1-4-19-13-14-22(21-12-8-9-17(2)18(21)3)23(15-19)24-16-20-10-6-5-7-11-20/h1,5-15H,16H2,2-3H3. The molecule has 0 aliphatic carbocycles. The third kappa shape index (κ3) is 3.34. The highest BCUT2D eigenvalue weighted by molar-refractivity contribution is 5.75. The molecule has 0 unspecified atom stereocenters. The predicted molar refractivity (Wildman–Crippen MR) is 100 cm³/mol. The molecule has 24 heavy (non-hydrogen) atoms. The smallest absolute Gasteiger partial charge is 0.128 e. The fourth-order valence-corrected chi connectivity index (χ4v) is 2.73. The number of ether oxygens (including phenoxy) is 1. The van der Waals surface area contributed by atoms with Crippen molar-refractivity contribution in [3.05, 3.63) is 89.0 Å². The van der Waals surface area contributed by atoms with Gasteiger partial charge in [-0.2, -0.15) is 0 Å². The Hall–Kier alpha value is -2.98. The van der Waals surface area contributed by atoms with Crippen LogP contribution in [0.2, 0.25) is 0 Å². The molecule has 0 aliphatic heterocycles. The Bertz CT molecular complexity index is 886. The van der Waals surface area contributed by atoms with Crippen LogP contribution in [-0.4, -0.2) is 0 Å². The van der Waals surface area contributed by atoms with E-state index in [9.17, 15) is 0 Å². The van der Waals surface area contributed by atoms with Gasteiger partial charge in [0.15, 0.2) is 0 Å². The number of hydrogen-bond donors (Lipinski definition) is 0. The van der Waals surface area contributed by atoms with Crippen molar-refractivity contribution in [2.24, 2.45) is 0 Å². The van der Waals surface area contributed by atoms with E-state index in [0.717, 1.165) is 22.4 Å². The van der Waals surface area contributed by atoms with E-state index in [0.29, 0.717) is 6.61 Å². The molecule has 0 fully saturated rings. The maximum atomic E-state index is 6.12. The van der Waals surface area contributed by atoms with Crippen molar-refractivity contribution in [2.45, 2.75) is 20.5 Å². The Kier molecular flexibility index (Phi) is 4.68. The van der Waals surface area contributed by atoms with E-state index in [1.807, 2.05) is 30.3 Å². The van der Waals surface area contributed by atoms with E-state index < -0.39 is 0 Å². The minimum atomic E-state index is 0.521. The summed E-state index contributed by atoms with van der Waals surface area (Å²) in [4.78, 5) is 0. The molecule has 0 spiro atoms. The van der Waals surface area contributed by atoms with Crippen LogP contribution in [0.15, 0.2) is 66.7 Å². The molecule has 1 heteroatoms. The van der Waals surface area contributed by atoms with Crippen LogP contribution in [0.1, 0.15) is 22.3 Å². The van der Waals surface area contributed by atoms with Crippen LogP contribution in [0.5, 0.6) is 5.75 Å². The van der Waals surface area contributed by atoms with Crippen molar-refractivity contribution in [2.75, 3.05) is 0 Å². The largest absolute Gasteiger partial charge is 0.488 e. The van der Waals surface area contributed by atoms with Crippen LogP contribution >= 0.6 is 0 Å². The van der Waals surface area contributed by atoms with Gasteiger partial charge in [-0.3, -0.25) is 0 Å². The van der Waals surface area contributed by atoms with E-state index in [4.69, 9.17) is 11.2 Å². The van der Waals surface area contributed by atoms with Gasteiger partial charge in [-0.1, -0.05) is 54.5 Å². The predicted octanol–water partition coefficient (Wildman–Crippen LogP) is 5.53. The van der Waals surface area contributed by atoms with E-state index in [2.05, 4.69) is 56.2 Å². The molecule has 0 bridgehead atoms. The summed E-state index contributed by atoms with van der Waals surface area (Å²) in [6, 6.07) is 22.4. The molecule has 1 nitrogen and oxygen atoms in total. The van der Waals surface area contributed by atoms with Gasteiger partial charge < -0.3 is 4.74 Å². The summed E-state index contributed by atoms with van der Waals surface area (Å²) < 4.78 is 6.12. The molecule has 0 atom stereocenters. The van der Waals surface area contributed by atoms with Crippen LogP contribution < -0.4 is 4.74 Å². The third-order valence-electron chi connectivity index (χ3n) is 4.28. The van der Waals surface area contributed by atoms with Crippen LogP contribution in [0, 0.1) is 26.2 Å². The number of terminal acetylenes is 1. The quantitative estimate of drug-likeness (QED) is 0.575. The first kappa shape index (κ1) is 15.9. The Balaban J connectivity index is 2.00. The molecular formula is C23H20O. The minimum Gasteiger partial charge on any atom is -0.488 e. The molecule has 118 valence electrons. The Morgan fingerprint density at radius 1 is 0.875 bits per heavy atom. The summed E-state index contributed by atoms with van der Waals surface area (Å²) in [5.41, 5.74) is 6.74. The van der Waals surface area contributed by atoms with Crippen LogP contribution in [0.3, 0.4) is 0 Å². The first-order valence-corrected chi connectivity index (χ1v) is 8.03. The molecule has 0 N–H and O–H groups in total. The fourth-order valence-electron chi connectivity index (χ4n) is 2.73. The summed E-state index contributed by atoms with van der Waals surface area (Å²) in [6.07, 6.45) is 5.56. The first-order chi connectivity index (χ1) is 11.7. The maximum absolute atomic E-state index is 6.12. The lowest BCUT2D eigenvalue weighted by Crippen LogP contribution is -1.98. The molecule has 3 rings (SSSR count). The van der Waals surface area contributed by atoms with Crippen molar-refractivity contribution >= 4 is 0 Å². The maximum Gasteiger partial charge on any atom is 0.128 e. The van der Waals surface area contributed by atoms with Gasteiger partial charge in [0.25, 0.3) is 0 Å². The zero-order valence-corrected chi connectivity index (χ0v) is 14.0. The molecule has 0 amide bonds. The molecule has 0 heterocycles. The van der Waals surface area contributed by atoms with Crippen LogP contribution in [-0.2, 0) is 6.61 Å². The number of rotatable bonds is 4. The van der Waals surface area contributed by atoms with Crippen LogP contribution in [0.25, 0.3) is 11.1 Å². The SMILES string of the molecule is C#Cc1ccc(-c2cccc(C)c2C)c(OCc2ccccc2)c1. The zero-order valence-electron chi connectivity index (χ0n) is 14.0. The minimum absolute atomic E-state index is 0.521. The Morgan fingerprint density at radius 3 is 2.42 bits per heavy atom. The van der Waals surface area contributed by atoms with Crippen LogP contribution in [0.4, 0.5) is 0 Å².